The highest BCUT2D eigenvalue weighted by atomic mass is 32.2. The molecule has 7 heteroatoms. The molecular formula is C23H27N3O3S. The minimum absolute atomic E-state index is 0.176. The van der Waals surface area contributed by atoms with Crippen molar-refractivity contribution in [1.82, 2.24) is 10.2 Å². The normalized spacial score (nSPS) is 19.0. The third-order valence-electron chi connectivity index (χ3n) is 5.79. The zero-order valence-electron chi connectivity index (χ0n) is 17.2. The fourth-order valence-electron chi connectivity index (χ4n) is 4.08. The summed E-state index contributed by atoms with van der Waals surface area (Å²) < 4.78 is 13.1. The van der Waals surface area contributed by atoms with Crippen LogP contribution in [0.3, 0.4) is 0 Å². The zero-order chi connectivity index (χ0) is 21.1. The molecule has 0 aliphatic carbocycles. The number of carbonyl (C=O) groups excluding carboxylic acids is 2. The van der Waals surface area contributed by atoms with E-state index in [9.17, 15) is 13.8 Å². The minimum atomic E-state index is -1.48. The SMILES string of the molecule is CN1C(=O)c2ccccc2S(=O)c2ccc(C(=O)NCCCN3CCCCC3)cc21. The number of hydrogen-bond donors (Lipinski definition) is 1. The van der Waals surface area contributed by atoms with Gasteiger partial charge in [-0.25, -0.2) is 4.21 Å². The molecule has 30 heavy (non-hydrogen) atoms. The average molecular weight is 426 g/mol. The summed E-state index contributed by atoms with van der Waals surface area (Å²) >= 11 is 0. The molecule has 0 bridgehead atoms. The van der Waals surface area contributed by atoms with Gasteiger partial charge in [0.05, 0.1) is 31.8 Å². The average Bonchev–Trinajstić information content (AvgIpc) is 2.87. The van der Waals surface area contributed by atoms with Crippen LogP contribution in [-0.2, 0) is 10.8 Å². The molecule has 6 nitrogen and oxygen atoms in total. The molecule has 1 fully saturated rings. The topological polar surface area (TPSA) is 69.7 Å². The zero-order valence-corrected chi connectivity index (χ0v) is 18.0. The van der Waals surface area contributed by atoms with E-state index < -0.39 is 10.8 Å². The van der Waals surface area contributed by atoms with Gasteiger partial charge in [-0.05, 0) is 69.2 Å². The van der Waals surface area contributed by atoms with Gasteiger partial charge in [0.25, 0.3) is 11.8 Å². The number of nitrogens with zero attached hydrogens (tertiary/aromatic N) is 2. The summed E-state index contributed by atoms with van der Waals surface area (Å²) in [5, 5.41) is 2.97. The lowest BCUT2D eigenvalue weighted by molar-refractivity contribution is 0.0948. The van der Waals surface area contributed by atoms with E-state index >= 15 is 0 Å². The Morgan fingerprint density at radius 1 is 1.07 bits per heavy atom. The van der Waals surface area contributed by atoms with Crippen molar-refractivity contribution in [3.05, 3.63) is 53.6 Å². The van der Waals surface area contributed by atoms with Gasteiger partial charge in [0.15, 0.2) is 0 Å². The largest absolute Gasteiger partial charge is 0.352 e. The van der Waals surface area contributed by atoms with Gasteiger partial charge in [-0.2, -0.15) is 0 Å². The summed E-state index contributed by atoms with van der Waals surface area (Å²) in [6.07, 6.45) is 4.75. The van der Waals surface area contributed by atoms with Crippen molar-refractivity contribution < 1.29 is 13.8 Å². The maximum Gasteiger partial charge on any atom is 0.259 e. The predicted octanol–water partition coefficient (Wildman–Crippen LogP) is 3.05. The number of carbonyl (C=O) groups is 2. The number of likely N-dealkylation sites (tertiary alicyclic amines) is 1. The molecule has 1 saturated heterocycles. The van der Waals surface area contributed by atoms with Crippen molar-refractivity contribution in [2.24, 2.45) is 0 Å². The Labute approximate surface area is 179 Å². The highest BCUT2D eigenvalue weighted by molar-refractivity contribution is 7.85. The minimum Gasteiger partial charge on any atom is -0.352 e. The Balaban J connectivity index is 1.46. The molecule has 1 N–H and O–H groups in total. The molecule has 2 aromatic rings. The molecule has 2 heterocycles. The summed E-state index contributed by atoms with van der Waals surface area (Å²) in [4.78, 5) is 30.5. The first kappa shape index (κ1) is 20.8. The molecule has 2 aliphatic rings. The number of nitrogens with one attached hydrogen (secondary N) is 1. The quantitative estimate of drug-likeness (QED) is 0.748. The van der Waals surface area contributed by atoms with Crippen LogP contribution in [0.2, 0.25) is 0 Å². The van der Waals surface area contributed by atoms with Crippen molar-refractivity contribution >= 4 is 28.3 Å². The number of piperidine rings is 1. The summed E-state index contributed by atoms with van der Waals surface area (Å²) in [6, 6.07) is 12.0. The summed E-state index contributed by atoms with van der Waals surface area (Å²) in [5.41, 5.74) is 1.41. The Morgan fingerprint density at radius 2 is 1.83 bits per heavy atom. The summed E-state index contributed by atoms with van der Waals surface area (Å²) in [6.45, 7) is 3.91. The number of hydrogen-bond acceptors (Lipinski definition) is 4. The maximum absolute atomic E-state index is 13.1. The van der Waals surface area contributed by atoms with E-state index in [0.29, 0.717) is 33.2 Å². The van der Waals surface area contributed by atoms with E-state index in [2.05, 4.69) is 10.2 Å². The number of fused-ring (bicyclic) bond motifs is 2. The monoisotopic (exact) mass is 425 g/mol. The summed E-state index contributed by atoms with van der Waals surface area (Å²) in [5.74, 6) is -0.401. The molecule has 0 radical (unpaired) electrons. The number of amides is 2. The molecule has 1 atom stereocenters. The number of rotatable bonds is 5. The van der Waals surface area contributed by atoms with Crippen LogP contribution >= 0.6 is 0 Å². The van der Waals surface area contributed by atoms with Gasteiger partial charge < -0.3 is 15.1 Å². The van der Waals surface area contributed by atoms with Gasteiger partial charge in [-0.3, -0.25) is 9.59 Å². The third kappa shape index (κ3) is 4.18. The van der Waals surface area contributed by atoms with Crippen LogP contribution in [0, 0.1) is 0 Å². The van der Waals surface area contributed by atoms with E-state index in [-0.39, 0.29) is 11.8 Å². The van der Waals surface area contributed by atoms with Crippen LogP contribution in [0.1, 0.15) is 46.4 Å². The van der Waals surface area contributed by atoms with E-state index in [1.807, 2.05) is 0 Å². The number of anilines is 1. The maximum atomic E-state index is 13.1. The molecule has 1 unspecified atom stereocenters. The molecular weight excluding hydrogens is 398 g/mol. The molecule has 0 aromatic heterocycles. The standard InChI is InChI=1S/C23H27N3O3S/c1-25-19-16-17(22(27)24-12-7-15-26-13-5-2-6-14-26)10-11-21(19)30(29)20-9-4-3-8-18(20)23(25)28/h3-4,8-11,16H,2,5-7,12-15H2,1H3,(H,24,27). The molecule has 0 saturated carbocycles. The van der Waals surface area contributed by atoms with Gasteiger partial charge in [-0.1, -0.05) is 18.6 Å². The fraction of sp³-hybridized carbons (Fsp3) is 0.391. The van der Waals surface area contributed by atoms with Crippen molar-refractivity contribution in [2.45, 2.75) is 35.5 Å². The van der Waals surface area contributed by atoms with E-state index in [1.165, 1.54) is 24.2 Å². The molecule has 2 aliphatic heterocycles. The van der Waals surface area contributed by atoms with Crippen molar-refractivity contribution in [3.63, 3.8) is 0 Å². The molecule has 4 rings (SSSR count). The predicted molar refractivity (Wildman–Crippen MR) is 118 cm³/mol. The molecule has 0 spiro atoms. The van der Waals surface area contributed by atoms with Crippen LogP contribution < -0.4 is 10.2 Å². The first-order chi connectivity index (χ1) is 14.6. The molecule has 158 valence electrons. The van der Waals surface area contributed by atoms with E-state index in [0.717, 1.165) is 26.1 Å². The van der Waals surface area contributed by atoms with Crippen LogP contribution in [-0.4, -0.2) is 54.1 Å². The van der Waals surface area contributed by atoms with Crippen molar-refractivity contribution in [3.8, 4) is 0 Å². The highest BCUT2D eigenvalue weighted by Crippen LogP contribution is 2.34. The second kappa shape index (κ2) is 9.10. The molecule has 2 aromatic carbocycles. The van der Waals surface area contributed by atoms with Gasteiger partial charge in [-0.15, -0.1) is 0 Å². The summed E-state index contributed by atoms with van der Waals surface area (Å²) in [7, 11) is 0.174. The van der Waals surface area contributed by atoms with Crippen LogP contribution in [0.4, 0.5) is 5.69 Å². The second-order valence-corrected chi connectivity index (χ2v) is 9.24. The lowest BCUT2D eigenvalue weighted by Gasteiger charge is -2.26. The molecule has 2 amide bonds. The Kier molecular flexibility index (Phi) is 6.29. The van der Waals surface area contributed by atoms with Gasteiger partial charge >= 0.3 is 0 Å². The van der Waals surface area contributed by atoms with E-state index in [4.69, 9.17) is 0 Å². The van der Waals surface area contributed by atoms with Gasteiger partial charge in [0.1, 0.15) is 0 Å². The van der Waals surface area contributed by atoms with Crippen molar-refractivity contribution in [1.29, 1.82) is 0 Å². The van der Waals surface area contributed by atoms with E-state index in [1.54, 1.807) is 49.5 Å². The fourth-order valence-corrected chi connectivity index (χ4v) is 5.45. The lowest BCUT2D eigenvalue weighted by atomic mass is 10.1. The Hall–Kier alpha value is -2.51. The van der Waals surface area contributed by atoms with Gasteiger partial charge in [0.2, 0.25) is 0 Å². The first-order valence-corrected chi connectivity index (χ1v) is 11.6. The first-order valence-electron chi connectivity index (χ1n) is 10.5. The van der Waals surface area contributed by atoms with Gasteiger partial charge in [0, 0.05) is 19.2 Å². The van der Waals surface area contributed by atoms with Crippen LogP contribution in [0.25, 0.3) is 0 Å². The van der Waals surface area contributed by atoms with Crippen LogP contribution in [0.5, 0.6) is 0 Å². The smallest absolute Gasteiger partial charge is 0.259 e. The third-order valence-corrected chi connectivity index (χ3v) is 7.29. The Morgan fingerprint density at radius 3 is 2.63 bits per heavy atom. The lowest BCUT2D eigenvalue weighted by Crippen LogP contribution is -2.33. The second-order valence-electron chi connectivity index (χ2n) is 7.82. The Bertz CT molecular complexity index is 985. The highest BCUT2D eigenvalue weighted by Gasteiger charge is 2.29. The van der Waals surface area contributed by atoms with Crippen LogP contribution in [0.15, 0.2) is 52.3 Å². The number of benzene rings is 2. The van der Waals surface area contributed by atoms with Crippen molar-refractivity contribution in [2.75, 3.05) is 38.1 Å².